The number of piperidine rings is 1. The van der Waals surface area contributed by atoms with Crippen molar-refractivity contribution in [1.29, 1.82) is 0 Å². The molecule has 1 fully saturated rings. The minimum atomic E-state index is -0.330. The van der Waals surface area contributed by atoms with Crippen LogP contribution in [0.2, 0.25) is 0 Å². The number of hydrogen-bond acceptors (Lipinski definition) is 3. The standard InChI is InChI=1S/C23H27FN4O/c1-15-9-10-20(24)19-13-21(26-22(15)19)23(29)25-16-6-4-7-17(12-16)28-11-5-8-18(14-28)27(2)3/h4,6-7,9-10,12-13,18,26H,5,8,11,14H2,1-3H3,(H,25,29). The molecule has 29 heavy (non-hydrogen) atoms. The SMILES string of the molecule is Cc1ccc(F)c2cc(C(=O)Nc3cccc(N4CCCC(N(C)C)C4)c3)[nH]c12. The summed E-state index contributed by atoms with van der Waals surface area (Å²) in [6.45, 7) is 3.89. The number of likely N-dealkylation sites (N-methyl/N-ethyl adjacent to an activating group) is 1. The molecule has 4 rings (SSSR count). The van der Waals surface area contributed by atoms with Crippen LogP contribution >= 0.6 is 0 Å². The molecule has 3 aromatic rings. The number of hydrogen-bond donors (Lipinski definition) is 2. The first-order chi connectivity index (χ1) is 13.9. The Morgan fingerprint density at radius 1 is 1.24 bits per heavy atom. The quantitative estimate of drug-likeness (QED) is 0.690. The van der Waals surface area contributed by atoms with Crippen LogP contribution in [0.5, 0.6) is 0 Å². The minimum Gasteiger partial charge on any atom is -0.370 e. The van der Waals surface area contributed by atoms with Crippen molar-refractivity contribution in [3.63, 3.8) is 0 Å². The molecule has 1 aliphatic heterocycles. The largest absolute Gasteiger partial charge is 0.370 e. The lowest BCUT2D eigenvalue weighted by Crippen LogP contribution is -2.45. The van der Waals surface area contributed by atoms with Crippen LogP contribution in [0.25, 0.3) is 10.9 Å². The van der Waals surface area contributed by atoms with Gasteiger partial charge in [0.25, 0.3) is 5.91 Å². The number of H-pyrrole nitrogens is 1. The van der Waals surface area contributed by atoms with E-state index >= 15 is 0 Å². The number of carbonyl (C=O) groups excluding carboxylic acids is 1. The summed E-state index contributed by atoms with van der Waals surface area (Å²) in [5.41, 5.74) is 3.75. The van der Waals surface area contributed by atoms with E-state index in [0.29, 0.717) is 22.6 Å². The number of rotatable bonds is 4. The molecule has 5 nitrogen and oxygen atoms in total. The number of aryl methyl sites for hydroxylation is 1. The third-order valence-corrected chi connectivity index (χ3v) is 5.79. The lowest BCUT2D eigenvalue weighted by molar-refractivity contribution is 0.102. The van der Waals surface area contributed by atoms with Gasteiger partial charge in [-0.1, -0.05) is 12.1 Å². The molecule has 0 radical (unpaired) electrons. The maximum atomic E-state index is 14.1. The van der Waals surface area contributed by atoms with E-state index in [0.717, 1.165) is 36.4 Å². The second kappa shape index (κ2) is 7.87. The van der Waals surface area contributed by atoms with E-state index in [4.69, 9.17) is 0 Å². The number of halogens is 1. The topological polar surface area (TPSA) is 51.4 Å². The molecule has 0 spiro atoms. The van der Waals surface area contributed by atoms with Crippen molar-refractivity contribution in [1.82, 2.24) is 9.88 Å². The molecule has 0 bridgehead atoms. The monoisotopic (exact) mass is 394 g/mol. The second-order valence-corrected chi connectivity index (χ2v) is 8.05. The van der Waals surface area contributed by atoms with E-state index in [2.05, 4.69) is 40.3 Å². The lowest BCUT2D eigenvalue weighted by atomic mass is 10.0. The Kier molecular flexibility index (Phi) is 5.28. The number of benzene rings is 2. The van der Waals surface area contributed by atoms with Gasteiger partial charge in [-0.3, -0.25) is 4.79 Å². The van der Waals surface area contributed by atoms with Gasteiger partial charge < -0.3 is 20.1 Å². The summed E-state index contributed by atoms with van der Waals surface area (Å²) in [6.07, 6.45) is 2.36. The molecule has 1 atom stereocenters. The van der Waals surface area contributed by atoms with Crippen molar-refractivity contribution in [2.45, 2.75) is 25.8 Å². The molecule has 152 valence electrons. The Hall–Kier alpha value is -2.86. The average molecular weight is 394 g/mol. The molecular weight excluding hydrogens is 367 g/mol. The zero-order chi connectivity index (χ0) is 20.5. The lowest BCUT2D eigenvalue weighted by Gasteiger charge is -2.37. The summed E-state index contributed by atoms with van der Waals surface area (Å²) in [4.78, 5) is 20.4. The number of amides is 1. The van der Waals surface area contributed by atoms with E-state index in [1.807, 2.05) is 25.1 Å². The number of aromatic amines is 1. The summed E-state index contributed by atoms with van der Waals surface area (Å²) in [5.74, 6) is -0.606. The zero-order valence-corrected chi connectivity index (χ0v) is 17.1. The number of aromatic nitrogens is 1. The van der Waals surface area contributed by atoms with E-state index < -0.39 is 0 Å². The van der Waals surface area contributed by atoms with Gasteiger partial charge in [-0.25, -0.2) is 4.39 Å². The molecule has 1 aliphatic rings. The van der Waals surface area contributed by atoms with Crippen molar-refractivity contribution < 1.29 is 9.18 Å². The first-order valence-electron chi connectivity index (χ1n) is 10.0. The molecular formula is C23H27FN4O. The Bertz CT molecular complexity index is 1000. The smallest absolute Gasteiger partial charge is 0.272 e. The maximum Gasteiger partial charge on any atom is 0.272 e. The zero-order valence-electron chi connectivity index (χ0n) is 17.1. The van der Waals surface area contributed by atoms with E-state index in [1.54, 1.807) is 12.1 Å². The summed E-state index contributed by atoms with van der Waals surface area (Å²) in [5, 5.41) is 3.38. The summed E-state index contributed by atoms with van der Waals surface area (Å²) in [6, 6.07) is 13.2. The van der Waals surface area contributed by atoms with Crippen molar-refractivity contribution in [3.8, 4) is 0 Å². The van der Waals surface area contributed by atoms with Crippen LogP contribution in [0.1, 0.15) is 28.9 Å². The van der Waals surface area contributed by atoms with Crippen LogP contribution in [0.15, 0.2) is 42.5 Å². The Balaban J connectivity index is 1.53. The van der Waals surface area contributed by atoms with Crippen molar-refractivity contribution >= 4 is 28.2 Å². The first-order valence-corrected chi connectivity index (χ1v) is 10.0. The molecule has 1 unspecified atom stereocenters. The fourth-order valence-electron chi connectivity index (χ4n) is 4.04. The second-order valence-electron chi connectivity index (χ2n) is 8.05. The van der Waals surface area contributed by atoms with Crippen molar-refractivity contribution in [2.24, 2.45) is 0 Å². The third kappa shape index (κ3) is 3.98. The molecule has 0 aliphatic carbocycles. The van der Waals surface area contributed by atoms with Crippen LogP contribution in [0, 0.1) is 12.7 Å². The molecule has 2 N–H and O–H groups in total. The Morgan fingerprint density at radius 2 is 2.07 bits per heavy atom. The Labute approximate surface area is 170 Å². The predicted molar refractivity (Wildman–Crippen MR) is 116 cm³/mol. The normalized spacial score (nSPS) is 17.1. The fraction of sp³-hybridized carbons (Fsp3) is 0.348. The van der Waals surface area contributed by atoms with Gasteiger partial charge in [0.15, 0.2) is 0 Å². The van der Waals surface area contributed by atoms with Crippen LogP contribution in [0.4, 0.5) is 15.8 Å². The molecule has 1 aromatic heterocycles. The summed E-state index contributed by atoms with van der Waals surface area (Å²) < 4.78 is 14.1. The van der Waals surface area contributed by atoms with E-state index in [1.165, 1.54) is 12.5 Å². The number of fused-ring (bicyclic) bond motifs is 1. The highest BCUT2D eigenvalue weighted by Gasteiger charge is 2.22. The highest BCUT2D eigenvalue weighted by molar-refractivity contribution is 6.06. The number of nitrogens with one attached hydrogen (secondary N) is 2. The molecule has 1 saturated heterocycles. The molecule has 0 saturated carbocycles. The first kappa shape index (κ1) is 19.5. The number of carbonyl (C=O) groups is 1. The minimum absolute atomic E-state index is 0.276. The number of nitrogens with zero attached hydrogens (tertiary/aromatic N) is 2. The summed E-state index contributed by atoms with van der Waals surface area (Å²) in [7, 11) is 4.24. The number of anilines is 2. The van der Waals surface area contributed by atoms with E-state index in [9.17, 15) is 9.18 Å². The third-order valence-electron chi connectivity index (χ3n) is 5.79. The van der Waals surface area contributed by atoms with Gasteiger partial charge in [-0.15, -0.1) is 0 Å². The molecule has 2 heterocycles. The molecule has 1 amide bonds. The summed E-state index contributed by atoms with van der Waals surface area (Å²) >= 11 is 0. The van der Waals surface area contributed by atoms with Crippen LogP contribution in [-0.4, -0.2) is 49.0 Å². The fourth-order valence-corrected chi connectivity index (χ4v) is 4.04. The molecule has 6 heteroatoms. The predicted octanol–water partition coefficient (Wildman–Crippen LogP) is 4.40. The van der Waals surface area contributed by atoms with Crippen LogP contribution in [0.3, 0.4) is 0 Å². The van der Waals surface area contributed by atoms with Crippen molar-refractivity contribution in [3.05, 3.63) is 59.5 Å². The van der Waals surface area contributed by atoms with Crippen LogP contribution < -0.4 is 10.2 Å². The van der Waals surface area contributed by atoms with Gasteiger partial charge in [-0.2, -0.15) is 0 Å². The average Bonchev–Trinajstić information content (AvgIpc) is 3.18. The molecule has 2 aromatic carbocycles. The van der Waals surface area contributed by atoms with Crippen LogP contribution in [-0.2, 0) is 0 Å². The van der Waals surface area contributed by atoms with Gasteiger partial charge in [0, 0.05) is 35.9 Å². The highest BCUT2D eigenvalue weighted by atomic mass is 19.1. The Morgan fingerprint density at radius 3 is 2.83 bits per heavy atom. The van der Waals surface area contributed by atoms with Gasteiger partial charge in [0.2, 0.25) is 0 Å². The van der Waals surface area contributed by atoms with Gasteiger partial charge in [0.1, 0.15) is 11.5 Å². The highest BCUT2D eigenvalue weighted by Crippen LogP contribution is 2.26. The maximum absolute atomic E-state index is 14.1. The van der Waals surface area contributed by atoms with Gasteiger partial charge >= 0.3 is 0 Å². The van der Waals surface area contributed by atoms with Gasteiger partial charge in [-0.05, 0) is 69.8 Å². The van der Waals surface area contributed by atoms with E-state index in [-0.39, 0.29) is 11.7 Å². The van der Waals surface area contributed by atoms with Gasteiger partial charge in [0.05, 0.1) is 5.52 Å². The van der Waals surface area contributed by atoms with Crippen molar-refractivity contribution in [2.75, 3.05) is 37.4 Å².